The van der Waals surface area contributed by atoms with Gasteiger partial charge in [-0.05, 0) is 22.7 Å². The largest absolute Gasteiger partial charge is 0.481 e. The molecule has 1 N–H and O–H groups in total. The molecule has 0 saturated heterocycles. The first-order valence-electron chi connectivity index (χ1n) is 4.81. The Kier molecular flexibility index (Phi) is 4.72. The van der Waals surface area contributed by atoms with Gasteiger partial charge in [0.1, 0.15) is 5.82 Å². The summed E-state index contributed by atoms with van der Waals surface area (Å²) in [6.45, 7) is 0.189. The van der Waals surface area contributed by atoms with E-state index in [2.05, 4.69) is 10.0 Å². The molecule has 1 rings (SSSR count). The van der Waals surface area contributed by atoms with E-state index in [1.165, 1.54) is 12.1 Å². The molecule has 1 aromatic rings. The first-order valence-corrected chi connectivity index (χ1v) is 4.81. The van der Waals surface area contributed by atoms with Crippen molar-refractivity contribution in [2.45, 2.75) is 6.42 Å². The molecule has 88 valence electrons. The lowest BCUT2D eigenvalue weighted by Gasteiger charge is -2.00. The number of carboxylic acids is 1. The minimum atomic E-state index is -1.07. The van der Waals surface area contributed by atoms with E-state index in [1.54, 1.807) is 18.2 Å². The minimum absolute atomic E-state index is 0.143. The standard InChI is InChI=1S/C11H10FN3O2/c12-10-6-8(2-1-5-14-15-13)3-4-9(10)7-11(16)17/h1-4,6H,5,7H2,(H,16,17). The Morgan fingerprint density at radius 2 is 2.35 bits per heavy atom. The maximum absolute atomic E-state index is 13.4. The van der Waals surface area contributed by atoms with E-state index in [1.807, 2.05) is 0 Å². The molecule has 1 aromatic carbocycles. The van der Waals surface area contributed by atoms with Gasteiger partial charge in [-0.2, -0.15) is 0 Å². The SMILES string of the molecule is [N-]=[N+]=NCC=Cc1ccc(CC(=O)O)c(F)c1. The molecule has 0 aliphatic rings. The van der Waals surface area contributed by atoms with Crippen LogP contribution >= 0.6 is 0 Å². The Labute approximate surface area is 96.8 Å². The molecule has 0 bridgehead atoms. The van der Waals surface area contributed by atoms with Gasteiger partial charge in [0.2, 0.25) is 0 Å². The van der Waals surface area contributed by atoms with Crippen LogP contribution in [0.4, 0.5) is 4.39 Å². The zero-order chi connectivity index (χ0) is 12.7. The Morgan fingerprint density at radius 3 is 2.94 bits per heavy atom. The number of carbonyl (C=O) groups is 1. The van der Waals surface area contributed by atoms with E-state index in [9.17, 15) is 9.18 Å². The molecule has 0 aromatic heterocycles. The molecule has 0 saturated carbocycles. The van der Waals surface area contributed by atoms with Crippen LogP contribution in [0.2, 0.25) is 0 Å². The molecule has 0 spiro atoms. The molecule has 0 unspecified atom stereocenters. The number of halogens is 1. The van der Waals surface area contributed by atoms with Crippen LogP contribution in [0.1, 0.15) is 11.1 Å². The van der Waals surface area contributed by atoms with E-state index in [0.29, 0.717) is 5.56 Å². The van der Waals surface area contributed by atoms with Gasteiger partial charge in [-0.1, -0.05) is 29.4 Å². The first kappa shape index (κ1) is 12.7. The first-order chi connectivity index (χ1) is 8.13. The van der Waals surface area contributed by atoms with Crippen molar-refractivity contribution < 1.29 is 14.3 Å². The smallest absolute Gasteiger partial charge is 0.307 e. The molecular weight excluding hydrogens is 225 g/mol. The van der Waals surface area contributed by atoms with Crippen molar-refractivity contribution in [3.8, 4) is 0 Å². The highest BCUT2D eigenvalue weighted by atomic mass is 19.1. The van der Waals surface area contributed by atoms with Crippen molar-refractivity contribution in [1.82, 2.24) is 0 Å². The van der Waals surface area contributed by atoms with Crippen molar-refractivity contribution in [3.63, 3.8) is 0 Å². The van der Waals surface area contributed by atoms with Gasteiger partial charge in [-0.3, -0.25) is 4.79 Å². The lowest BCUT2D eigenvalue weighted by molar-refractivity contribution is -0.136. The molecule has 0 radical (unpaired) electrons. The number of nitrogens with zero attached hydrogens (tertiary/aromatic N) is 3. The highest BCUT2D eigenvalue weighted by Crippen LogP contribution is 2.12. The highest BCUT2D eigenvalue weighted by Gasteiger charge is 2.06. The Hall–Kier alpha value is -2.33. The zero-order valence-corrected chi connectivity index (χ0v) is 8.88. The van der Waals surface area contributed by atoms with E-state index in [4.69, 9.17) is 10.6 Å². The van der Waals surface area contributed by atoms with Crippen LogP contribution in [-0.4, -0.2) is 17.6 Å². The topological polar surface area (TPSA) is 86.1 Å². The lowest BCUT2D eigenvalue weighted by Crippen LogP contribution is -2.02. The molecule has 0 heterocycles. The van der Waals surface area contributed by atoms with Gasteiger partial charge in [0.05, 0.1) is 6.42 Å². The molecule has 17 heavy (non-hydrogen) atoms. The van der Waals surface area contributed by atoms with E-state index >= 15 is 0 Å². The number of hydrogen-bond acceptors (Lipinski definition) is 2. The number of azide groups is 1. The van der Waals surface area contributed by atoms with Crippen LogP contribution in [-0.2, 0) is 11.2 Å². The lowest BCUT2D eigenvalue weighted by atomic mass is 10.1. The third kappa shape index (κ3) is 4.36. The summed E-state index contributed by atoms with van der Waals surface area (Å²) >= 11 is 0. The highest BCUT2D eigenvalue weighted by molar-refractivity contribution is 5.70. The van der Waals surface area contributed by atoms with E-state index in [-0.39, 0.29) is 18.5 Å². The Bertz CT molecular complexity index is 493. The second-order valence-electron chi connectivity index (χ2n) is 3.24. The second-order valence-corrected chi connectivity index (χ2v) is 3.24. The molecule has 6 heteroatoms. The van der Waals surface area contributed by atoms with Crippen molar-refractivity contribution in [2.75, 3.05) is 6.54 Å². The monoisotopic (exact) mass is 235 g/mol. The van der Waals surface area contributed by atoms with Crippen molar-refractivity contribution in [1.29, 1.82) is 0 Å². The Balaban J connectivity index is 2.77. The van der Waals surface area contributed by atoms with Gasteiger partial charge in [0.25, 0.3) is 0 Å². The summed E-state index contributed by atoms with van der Waals surface area (Å²) in [7, 11) is 0. The van der Waals surface area contributed by atoms with Gasteiger partial charge in [-0.15, -0.1) is 0 Å². The maximum atomic E-state index is 13.4. The van der Waals surface area contributed by atoms with Gasteiger partial charge < -0.3 is 5.11 Å². The summed E-state index contributed by atoms with van der Waals surface area (Å²) in [5.41, 5.74) is 8.77. The molecule has 5 nitrogen and oxygen atoms in total. The quantitative estimate of drug-likeness (QED) is 0.483. The summed E-state index contributed by atoms with van der Waals surface area (Å²) in [5, 5.41) is 11.8. The zero-order valence-electron chi connectivity index (χ0n) is 8.88. The van der Waals surface area contributed by atoms with Crippen LogP contribution in [0, 0.1) is 5.82 Å². The van der Waals surface area contributed by atoms with Crippen LogP contribution in [0.25, 0.3) is 16.5 Å². The summed E-state index contributed by atoms with van der Waals surface area (Å²) < 4.78 is 13.4. The predicted molar refractivity (Wildman–Crippen MR) is 60.8 cm³/mol. The number of hydrogen-bond donors (Lipinski definition) is 1. The minimum Gasteiger partial charge on any atom is -0.481 e. The van der Waals surface area contributed by atoms with Crippen molar-refractivity contribution >= 4 is 12.0 Å². The van der Waals surface area contributed by atoms with Crippen LogP contribution < -0.4 is 0 Å². The third-order valence-electron chi connectivity index (χ3n) is 1.98. The number of carboxylic acid groups (broad SMARTS) is 1. The summed E-state index contributed by atoms with van der Waals surface area (Å²) in [6.07, 6.45) is 2.85. The third-order valence-corrected chi connectivity index (χ3v) is 1.98. The predicted octanol–water partition coefficient (Wildman–Crippen LogP) is 2.78. The summed E-state index contributed by atoms with van der Waals surface area (Å²) in [4.78, 5) is 13.0. The van der Waals surface area contributed by atoms with Crippen molar-refractivity contribution in [2.24, 2.45) is 5.11 Å². The fraction of sp³-hybridized carbons (Fsp3) is 0.182. The fourth-order valence-electron chi connectivity index (χ4n) is 1.25. The van der Waals surface area contributed by atoms with Crippen LogP contribution in [0.3, 0.4) is 0 Å². The molecule has 0 fully saturated rings. The van der Waals surface area contributed by atoms with E-state index < -0.39 is 11.8 Å². The molecular formula is C11H10FN3O2. The van der Waals surface area contributed by atoms with Gasteiger partial charge in [0, 0.05) is 11.5 Å². The van der Waals surface area contributed by atoms with Gasteiger partial charge in [0.15, 0.2) is 0 Å². The van der Waals surface area contributed by atoms with E-state index in [0.717, 1.165) is 0 Å². The molecule has 0 atom stereocenters. The second kappa shape index (κ2) is 6.30. The maximum Gasteiger partial charge on any atom is 0.307 e. The van der Waals surface area contributed by atoms with Gasteiger partial charge in [-0.25, -0.2) is 4.39 Å². The number of benzene rings is 1. The molecule has 0 amide bonds. The average Bonchev–Trinajstić information content (AvgIpc) is 2.27. The summed E-state index contributed by atoms with van der Waals surface area (Å²) in [5.74, 6) is -1.63. The van der Waals surface area contributed by atoms with Gasteiger partial charge >= 0.3 is 5.97 Å². The Morgan fingerprint density at radius 1 is 1.59 bits per heavy atom. The fourth-order valence-corrected chi connectivity index (χ4v) is 1.25. The average molecular weight is 235 g/mol. The van der Waals surface area contributed by atoms with Crippen LogP contribution in [0.15, 0.2) is 29.4 Å². The normalized spacial score (nSPS) is 10.2. The molecule has 0 aliphatic heterocycles. The number of rotatable bonds is 5. The van der Waals surface area contributed by atoms with Crippen molar-refractivity contribution in [3.05, 3.63) is 51.7 Å². The number of aliphatic carboxylic acids is 1. The summed E-state index contributed by atoms with van der Waals surface area (Å²) in [6, 6.07) is 4.27. The molecule has 0 aliphatic carbocycles. The van der Waals surface area contributed by atoms with Crippen LogP contribution in [0.5, 0.6) is 0 Å².